The highest BCUT2D eigenvalue weighted by molar-refractivity contribution is 7.80. The largest absolute Gasteiger partial charge is 0.360 e. The molecule has 2 N–H and O–H groups in total. The molecule has 0 spiro atoms. The number of thiocarbonyl (C=S) groups is 1. The summed E-state index contributed by atoms with van der Waals surface area (Å²) in [6.07, 6.45) is 6.93. The third-order valence-corrected chi connectivity index (χ3v) is 4.40. The summed E-state index contributed by atoms with van der Waals surface area (Å²) in [6.45, 7) is 4.21. The molecule has 0 bridgehead atoms. The van der Waals surface area contributed by atoms with Gasteiger partial charge in [-0.05, 0) is 38.9 Å². The highest BCUT2D eigenvalue weighted by Gasteiger charge is 2.25. The Morgan fingerprint density at radius 1 is 1.47 bits per heavy atom. The summed E-state index contributed by atoms with van der Waals surface area (Å²) in [6, 6.07) is 0.557. The van der Waals surface area contributed by atoms with E-state index in [-0.39, 0.29) is 5.54 Å². The van der Waals surface area contributed by atoms with Gasteiger partial charge in [-0.15, -0.1) is 11.3 Å². The van der Waals surface area contributed by atoms with Crippen molar-refractivity contribution in [1.82, 2.24) is 15.6 Å². The van der Waals surface area contributed by atoms with Gasteiger partial charge < -0.3 is 10.6 Å². The van der Waals surface area contributed by atoms with Crippen LogP contribution in [0.5, 0.6) is 0 Å². The normalized spacial score (nSPS) is 17.1. The van der Waals surface area contributed by atoms with E-state index in [0.29, 0.717) is 6.04 Å². The number of aromatic nitrogens is 1. The van der Waals surface area contributed by atoms with Gasteiger partial charge in [-0.1, -0.05) is 12.8 Å². The molecule has 5 heteroatoms. The molecule has 1 saturated carbocycles. The molecule has 3 nitrogen and oxygen atoms in total. The summed E-state index contributed by atoms with van der Waals surface area (Å²) in [5.41, 5.74) is -0.198. The zero-order valence-electron chi connectivity index (χ0n) is 10.3. The number of nitrogens with one attached hydrogen (secondary N) is 2. The second kappa shape index (κ2) is 5.31. The van der Waals surface area contributed by atoms with Gasteiger partial charge in [0.15, 0.2) is 5.11 Å². The van der Waals surface area contributed by atoms with Crippen molar-refractivity contribution in [3.63, 3.8) is 0 Å². The van der Waals surface area contributed by atoms with Crippen LogP contribution in [0.25, 0.3) is 0 Å². The van der Waals surface area contributed by atoms with E-state index < -0.39 is 0 Å². The van der Waals surface area contributed by atoms with Crippen molar-refractivity contribution in [2.24, 2.45) is 0 Å². The van der Waals surface area contributed by atoms with Crippen LogP contribution in [0.4, 0.5) is 0 Å². The van der Waals surface area contributed by atoms with Crippen LogP contribution in [0, 0.1) is 0 Å². The summed E-state index contributed by atoms with van der Waals surface area (Å²) in [7, 11) is 0. The highest BCUT2D eigenvalue weighted by atomic mass is 32.1. The maximum absolute atomic E-state index is 5.37. The molecule has 0 saturated heterocycles. The smallest absolute Gasteiger partial charge is 0.167 e. The average molecular weight is 269 g/mol. The average Bonchev–Trinajstić information content (AvgIpc) is 2.87. The predicted molar refractivity (Wildman–Crippen MR) is 76.3 cm³/mol. The topological polar surface area (TPSA) is 37.0 Å². The number of hydrogen-bond acceptors (Lipinski definition) is 3. The molecule has 94 valence electrons. The fourth-order valence-corrected chi connectivity index (χ4v) is 3.30. The Bertz CT molecular complexity index is 367. The Morgan fingerprint density at radius 2 is 2.18 bits per heavy atom. The summed E-state index contributed by atoms with van der Waals surface area (Å²) in [5, 5.41) is 10.6. The lowest BCUT2D eigenvalue weighted by Gasteiger charge is -2.27. The quantitative estimate of drug-likeness (QED) is 0.827. The Kier molecular flexibility index (Phi) is 3.99. The molecule has 17 heavy (non-hydrogen) atoms. The fourth-order valence-electron chi connectivity index (χ4n) is 2.16. The van der Waals surface area contributed by atoms with Crippen LogP contribution >= 0.6 is 23.6 Å². The van der Waals surface area contributed by atoms with Gasteiger partial charge in [-0.3, -0.25) is 0 Å². The zero-order chi connectivity index (χ0) is 12.3. The van der Waals surface area contributed by atoms with Crippen LogP contribution in [-0.4, -0.2) is 16.1 Å². The second-order valence-electron chi connectivity index (χ2n) is 5.04. The minimum Gasteiger partial charge on any atom is -0.360 e. The lowest BCUT2D eigenvalue weighted by molar-refractivity contribution is 0.472. The third-order valence-electron chi connectivity index (χ3n) is 3.08. The first-order valence-electron chi connectivity index (χ1n) is 6.06. The van der Waals surface area contributed by atoms with Crippen LogP contribution in [0.15, 0.2) is 11.6 Å². The zero-order valence-corrected chi connectivity index (χ0v) is 12.0. The monoisotopic (exact) mass is 269 g/mol. The molecule has 1 fully saturated rings. The van der Waals surface area contributed by atoms with Crippen molar-refractivity contribution < 1.29 is 0 Å². The maximum atomic E-state index is 5.37. The number of rotatable bonds is 3. The molecule has 0 amide bonds. The molecule has 0 radical (unpaired) electrons. The summed E-state index contributed by atoms with van der Waals surface area (Å²) in [5.74, 6) is 0. The van der Waals surface area contributed by atoms with Crippen LogP contribution in [0.3, 0.4) is 0 Å². The van der Waals surface area contributed by atoms with Gasteiger partial charge in [-0.2, -0.15) is 0 Å². The fraction of sp³-hybridized carbons (Fsp3) is 0.667. The van der Waals surface area contributed by atoms with E-state index in [0.717, 1.165) is 10.1 Å². The number of thiazole rings is 1. The summed E-state index contributed by atoms with van der Waals surface area (Å²) in [4.78, 5) is 4.34. The molecule has 1 aliphatic carbocycles. The lowest BCUT2D eigenvalue weighted by atomic mass is 10.1. The lowest BCUT2D eigenvalue weighted by Crippen LogP contribution is -2.48. The van der Waals surface area contributed by atoms with E-state index in [1.54, 1.807) is 11.3 Å². The first-order chi connectivity index (χ1) is 8.08. The molecular weight excluding hydrogens is 250 g/mol. The molecule has 1 aromatic heterocycles. The minimum atomic E-state index is -0.198. The van der Waals surface area contributed by atoms with Crippen molar-refractivity contribution >= 4 is 28.7 Å². The van der Waals surface area contributed by atoms with Crippen molar-refractivity contribution in [1.29, 1.82) is 0 Å². The SMILES string of the molecule is CC(C)(NC(=S)NC1CCCC1)c1nccs1. The van der Waals surface area contributed by atoms with Gasteiger partial charge >= 0.3 is 0 Å². The molecule has 0 atom stereocenters. The predicted octanol–water partition coefficient (Wildman–Crippen LogP) is 2.78. The summed E-state index contributed by atoms with van der Waals surface area (Å²) < 4.78 is 0. The Morgan fingerprint density at radius 3 is 2.76 bits per heavy atom. The highest BCUT2D eigenvalue weighted by Crippen LogP contribution is 2.22. The molecule has 0 aliphatic heterocycles. The third kappa shape index (κ3) is 3.39. The van der Waals surface area contributed by atoms with E-state index in [1.807, 2.05) is 11.6 Å². The van der Waals surface area contributed by atoms with Crippen LogP contribution < -0.4 is 10.6 Å². The molecule has 1 aliphatic rings. The second-order valence-corrected chi connectivity index (χ2v) is 6.34. The molecule has 0 aromatic carbocycles. The molecule has 1 aromatic rings. The van der Waals surface area contributed by atoms with Gasteiger partial charge in [0.2, 0.25) is 0 Å². The summed E-state index contributed by atoms with van der Waals surface area (Å²) >= 11 is 7.02. The van der Waals surface area contributed by atoms with Crippen LogP contribution in [0.1, 0.15) is 44.5 Å². The number of hydrogen-bond donors (Lipinski definition) is 2. The van der Waals surface area contributed by atoms with E-state index in [9.17, 15) is 0 Å². The first kappa shape index (κ1) is 12.8. The van der Waals surface area contributed by atoms with Crippen molar-refractivity contribution in [3.8, 4) is 0 Å². The Hall–Kier alpha value is -0.680. The van der Waals surface area contributed by atoms with Crippen molar-refractivity contribution in [2.45, 2.75) is 51.1 Å². The molecule has 2 rings (SSSR count). The van der Waals surface area contributed by atoms with Crippen molar-refractivity contribution in [3.05, 3.63) is 16.6 Å². The van der Waals surface area contributed by atoms with Gasteiger partial charge in [-0.25, -0.2) is 4.98 Å². The van der Waals surface area contributed by atoms with Gasteiger partial charge in [0.1, 0.15) is 5.01 Å². The van der Waals surface area contributed by atoms with Crippen molar-refractivity contribution in [2.75, 3.05) is 0 Å². The molecule has 0 unspecified atom stereocenters. The number of nitrogens with zero attached hydrogens (tertiary/aromatic N) is 1. The Labute approximate surface area is 112 Å². The van der Waals surface area contributed by atoms with Gasteiger partial charge in [0.25, 0.3) is 0 Å². The minimum absolute atomic E-state index is 0.198. The van der Waals surface area contributed by atoms with Crippen LogP contribution in [-0.2, 0) is 5.54 Å². The van der Waals surface area contributed by atoms with Gasteiger partial charge in [0, 0.05) is 17.6 Å². The van der Waals surface area contributed by atoms with E-state index in [1.165, 1.54) is 25.7 Å². The van der Waals surface area contributed by atoms with E-state index in [4.69, 9.17) is 12.2 Å². The van der Waals surface area contributed by atoms with E-state index >= 15 is 0 Å². The first-order valence-corrected chi connectivity index (χ1v) is 7.35. The maximum Gasteiger partial charge on any atom is 0.167 e. The Balaban J connectivity index is 1.89. The van der Waals surface area contributed by atoms with Crippen LogP contribution in [0.2, 0.25) is 0 Å². The molecular formula is C12H19N3S2. The van der Waals surface area contributed by atoms with E-state index in [2.05, 4.69) is 29.5 Å². The standard InChI is InChI=1S/C12H19N3S2/c1-12(2,10-13-7-8-17-10)15-11(16)14-9-5-3-4-6-9/h7-9H,3-6H2,1-2H3,(H2,14,15,16). The van der Waals surface area contributed by atoms with Gasteiger partial charge in [0.05, 0.1) is 5.54 Å². The molecule has 1 heterocycles.